The predicted molar refractivity (Wildman–Crippen MR) is 84.8 cm³/mol. The third-order valence-electron chi connectivity index (χ3n) is 2.78. The first-order valence-corrected chi connectivity index (χ1v) is 7.35. The summed E-state index contributed by atoms with van der Waals surface area (Å²) in [5.74, 6) is -1.87. The van der Waals surface area contributed by atoms with Gasteiger partial charge >= 0.3 is 5.97 Å². The standard InChI is InChI=1S/C15H16BrN3O3/c1-10(15(21)22)19-14(20)12(8-17)9-18-6-5-11-3-2-4-13(16)7-11/h2-4,7,9-10,18H,5-6H2,1H3,(H,19,20)(H,21,22)/b12-9-. The number of aliphatic carboxylic acids is 1. The lowest BCUT2D eigenvalue weighted by atomic mass is 10.1. The highest BCUT2D eigenvalue weighted by Crippen LogP contribution is 2.11. The van der Waals surface area contributed by atoms with Crippen molar-refractivity contribution in [2.24, 2.45) is 0 Å². The Balaban J connectivity index is 2.50. The third kappa shape index (κ3) is 5.97. The number of nitrogens with zero attached hydrogens (tertiary/aromatic N) is 1. The van der Waals surface area contributed by atoms with Gasteiger partial charge in [-0.15, -0.1) is 0 Å². The molecule has 7 heteroatoms. The molecular weight excluding hydrogens is 350 g/mol. The molecule has 22 heavy (non-hydrogen) atoms. The van der Waals surface area contributed by atoms with E-state index < -0.39 is 17.9 Å². The summed E-state index contributed by atoms with van der Waals surface area (Å²) in [6.07, 6.45) is 2.02. The number of benzene rings is 1. The molecule has 0 saturated heterocycles. The van der Waals surface area contributed by atoms with E-state index in [4.69, 9.17) is 10.4 Å². The van der Waals surface area contributed by atoms with Crippen molar-refractivity contribution in [3.63, 3.8) is 0 Å². The lowest BCUT2D eigenvalue weighted by Crippen LogP contribution is -2.39. The Morgan fingerprint density at radius 2 is 2.23 bits per heavy atom. The van der Waals surface area contributed by atoms with E-state index in [0.29, 0.717) is 6.54 Å². The lowest BCUT2D eigenvalue weighted by Gasteiger charge is -2.08. The van der Waals surface area contributed by atoms with E-state index in [1.54, 1.807) is 6.07 Å². The maximum Gasteiger partial charge on any atom is 0.325 e. The summed E-state index contributed by atoms with van der Waals surface area (Å²) in [7, 11) is 0. The molecule has 0 spiro atoms. The van der Waals surface area contributed by atoms with E-state index in [-0.39, 0.29) is 5.57 Å². The van der Waals surface area contributed by atoms with Crippen molar-refractivity contribution in [2.45, 2.75) is 19.4 Å². The number of rotatable bonds is 7. The SMILES string of the molecule is CC(NC(=O)/C(C#N)=C\NCCc1cccc(Br)c1)C(=O)O. The minimum absolute atomic E-state index is 0.164. The van der Waals surface area contributed by atoms with Crippen LogP contribution in [0.2, 0.25) is 0 Å². The molecule has 1 aromatic rings. The molecule has 1 rings (SSSR count). The van der Waals surface area contributed by atoms with Gasteiger partial charge in [-0.1, -0.05) is 28.1 Å². The second-order valence-electron chi connectivity index (χ2n) is 4.54. The number of carbonyl (C=O) groups excluding carboxylic acids is 1. The Kier molecular flexibility index (Phi) is 7.13. The van der Waals surface area contributed by atoms with Crippen LogP contribution in [0.15, 0.2) is 40.5 Å². The van der Waals surface area contributed by atoms with Crippen LogP contribution in [0.5, 0.6) is 0 Å². The van der Waals surface area contributed by atoms with E-state index in [1.165, 1.54) is 13.1 Å². The van der Waals surface area contributed by atoms with Crippen molar-refractivity contribution in [3.05, 3.63) is 46.1 Å². The average molecular weight is 366 g/mol. The highest BCUT2D eigenvalue weighted by atomic mass is 79.9. The second kappa shape index (κ2) is 8.85. The van der Waals surface area contributed by atoms with Crippen molar-refractivity contribution in [2.75, 3.05) is 6.54 Å². The number of halogens is 1. The predicted octanol–water partition coefficient (Wildman–Crippen LogP) is 1.58. The van der Waals surface area contributed by atoms with Gasteiger partial charge in [0, 0.05) is 17.2 Å². The summed E-state index contributed by atoms with van der Waals surface area (Å²) in [5.41, 5.74) is 0.945. The molecular formula is C15H16BrN3O3. The Labute approximate surface area is 137 Å². The molecule has 0 heterocycles. The van der Waals surface area contributed by atoms with Crippen molar-refractivity contribution in [1.82, 2.24) is 10.6 Å². The molecule has 0 bridgehead atoms. The minimum atomic E-state index is -1.16. The molecule has 1 amide bonds. The Hall–Kier alpha value is -2.33. The quantitative estimate of drug-likeness (QED) is 0.386. The molecule has 0 aliphatic carbocycles. The first kappa shape index (κ1) is 17.7. The van der Waals surface area contributed by atoms with Crippen LogP contribution in [0.4, 0.5) is 0 Å². The molecule has 6 nitrogen and oxygen atoms in total. The molecule has 0 aliphatic rings. The number of hydrogen-bond donors (Lipinski definition) is 3. The Morgan fingerprint density at radius 3 is 2.82 bits per heavy atom. The molecule has 1 atom stereocenters. The molecule has 116 valence electrons. The van der Waals surface area contributed by atoms with Crippen molar-refractivity contribution >= 4 is 27.8 Å². The maximum absolute atomic E-state index is 11.7. The van der Waals surface area contributed by atoms with Gasteiger partial charge in [-0.05, 0) is 31.0 Å². The normalized spacial score (nSPS) is 12.1. The van der Waals surface area contributed by atoms with Gasteiger partial charge in [0.2, 0.25) is 0 Å². The Morgan fingerprint density at radius 1 is 1.50 bits per heavy atom. The monoisotopic (exact) mass is 365 g/mol. The molecule has 0 aliphatic heterocycles. The third-order valence-corrected chi connectivity index (χ3v) is 3.27. The van der Waals surface area contributed by atoms with Crippen LogP contribution in [-0.4, -0.2) is 29.6 Å². The fourth-order valence-electron chi connectivity index (χ4n) is 1.57. The molecule has 0 saturated carbocycles. The summed E-state index contributed by atoms with van der Waals surface area (Å²) in [4.78, 5) is 22.3. The summed E-state index contributed by atoms with van der Waals surface area (Å²) in [5, 5.41) is 22.7. The van der Waals surface area contributed by atoms with Crippen LogP contribution in [0, 0.1) is 11.3 Å². The van der Waals surface area contributed by atoms with E-state index in [9.17, 15) is 9.59 Å². The van der Waals surface area contributed by atoms with Crippen molar-refractivity contribution < 1.29 is 14.7 Å². The number of carbonyl (C=O) groups is 2. The van der Waals surface area contributed by atoms with Crippen LogP contribution in [-0.2, 0) is 16.0 Å². The fraction of sp³-hybridized carbons (Fsp3) is 0.267. The Bertz CT molecular complexity index is 623. The van der Waals surface area contributed by atoms with E-state index in [2.05, 4.69) is 26.6 Å². The zero-order valence-electron chi connectivity index (χ0n) is 12.0. The number of nitrogens with one attached hydrogen (secondary N) is 2. The van der Waals surface area contributed by atoms with Gasteiger partial charge in [-0.3, -0.25) is 9.59 Å². The molecule has 1 aromatic carbocycles. The summed E-state index contributed by atoms with van der Waals surface area (Å²) in [6, 6.07) is 8.51. The van der Waals surface area contributed by atoms with Gasteiger partial charge in [0.15, 0.2) is 0 Å². The highest BCUT2D eigenvalue weighted by Gasteiger charge is 2.16. The smallest absolute Gasteiger partial charge is 0.325 e. The topological polar surface area (TPSA) is 102 Å². The first-order chi connectivity index (χ1) is 10.4. The zero-order valence-corrected chi connectivity index (χ0v) is 13.6. The molecule has 1 unspecified atom stereocenters. The maximum atomic E-state index is 11.7. The van der Waals surface area contributed by atoms with Crippen LogP contribution in [0.1, 0.15) is 12.5 Å². The van der Waals surface area contributed by atoms with Crippen LogP contribution in [0.25, 0.3) is 0 Å². The minimum Gasteiger partial charge on any atom is -0.480 e. The van der Waals surface area contributed by atoms with Crippen LogP contribution < -0.4 is 10.6 Å². The number of hydrogen-bond acceptors (Lipinski definition) is 4. The second-order valence-corrected chi connectivity index (χ2v) is 5.45. The largest absolute Gasteiger partial charge is 0.480 e. The molecule has 3 N–H and O–H groups in total. The first-order valence-electron chi connectivity index (χ1n) is 6.55. The van der Waals surface area contributed by atoms with Gasteiger partial charge < -0.3 is 15.7 Å². The number of amides is 1. The molecule has 0 fully saturated rings. The molecule has 0 radical (unpaired) electrons. The van der Waals surface area contributed by atoms with Crippen molar-refractivity contribution in [1.29, 1.82) is 5.26 Å². The van der Waals surface area contributed by atoms with Crippen molar-refractivity contribution in [3.8, 4) is 6.07 Å². The number of nitriles is 1. The summed E-state index contributed by atoms with van der Waals surface area (Å²) >= 11 is 3.38. The van der Waals surface area contributed by atoms with E-state index in [1.807, 2.05) is 24.3 Å². The van der Waals surface area contributed by atoms with Gasteiger partial charge in [0.1, 0.15) is 17.7 Å². The number of carboxylic acids is 1. The van der Waals surface area contributed by atoms with Gasteiger partial charge in [0.25, 0.3) is 5.91 Å². The lowest BCUT2D eigenvalue weighted by molar-refractivity contribution is -0.140. The zero-order chi connectivity index (χ0) is 16.5. The summed E-state index contributed by atoms with van der Waals surface area (Å²) < 4.78 is 0.986. The summed E-state index contributed by atoms with van der Waals surface area (Å²) in [6.45, 7) is 1.87. The fourth-order valence-corrected chi connectivity index (χ4v) is 2.01. The van der Waals surface area contributed by atoms with Crippen LogP contribution >= 0.6 is 15.9 Å². The van der Waals surface area contributed by atoms with Gasteiger partial charge in [-0.2, -0.15) is 5.26 Å². The van der Waals surface area contributed by atoms with E-state index >= 15 is 0 Å². The van der Waals surface area contributed by atoms with E-state index in [0.717, 1.165) is 16.5 Å². The average Bonchev–Trinajstić information content (AvgIpc) is 2.47. The van der Waals surface area contributed by atoms with Gasteiger partial charge in [0.05, 0.1) is 0 Å². The highest BCUT2D eigenvalue weighted by molar-refractivity contribution is 9.10. The van der Waals surface area contributed by atoms with Gasteiger partial charge in [-0.25, -0.2) is 0 Å². The van der Waals surface area contributed by atoms with Crippen LogP contribution in [0.3, 0.4) is 0 Å². The number of carboxylic acid groups (broad SMARTS) is 1. The molecule has 0 aromatic heterocycles.